The highest BCUT2D eigenvalue weighted by Crippen LogP contribution is 2.10. The van der Waals surface area contributed by atoms with Crippen molar-refractivity contribution in [2.24, 2.45) is 0 Å². The molecule has 0 aromatic heterocycles. The first-order valence-electron chi connectivity index (χ1n) is 4.33. The van der Waals surface area contributed by atoms with Crippen LogP contribution in [0.3, 0.4) is 0 Å². The molecule has 0 aliphatic carbocycles. The van der Waals surface area contributed by atoms with E-state index < -0.39 is 0 Å². The largest absolute Gasteiger partial charge is 0.508 e. The van der Waals surface area contributed by atoms with E-state index in [1.807, 2.05) is 6.08 Å². The Morgan fingerprint density at radius 2 is 1.86 bits per heavy atom. The Morgan fingerprint density at radius 3 is 2.43 bits per heavy atom. The van der Waals surface area contributed by atoms with E-state index >= 15 is 0 Å². The summed E-state index contributed by atoms with van der Waals surface area (Å²) in [6.07, 6.45) is 6.83. The molecule has 72 valence electrons. The third-order valence-corrected chi connectivity index (χ3v) is 1.62. The van der Waals surface area contributed by atoms with Crippen LogP contribution in [0.1, 0.15) is 12.5 Å². The van der Waals surface area contributed by atoms with Crippen molar-refractivity contribution in [1.82, 2.24) is 0 Å². The van der Waals surface area contributed by atoms with E-state index in [1.165, 1.54) is 13.0 Å². The van der Waals surface area contributed by atoms with Crippen molar-refractivity contribution in [1.29, 1.82) is 0 Å². The van der Waals surface area contributed by atoms with Crippen LogP contribution in [-0.2, 0) is 4.79 Å². The normalized spacial score (nSPS) is 11.2. The maximum Gasteiger partial charge on any atom is 0.152 e. The Labute approximate surface area is 83.2 Å². The third kappa shape index (κ3) is 3.72. The maximum absolute atomic E-state index is 10.5. The molecule has 0 saturated carbocycles. The van der Waals surface area contributed by atoms with Gasteiger partial charge in [0.15, 0.2) is 5.78 Å². The second kappa shape index (κ2) is 5.02. The lowest BCUT2D eigenvalue weighted by molar-refractivity contribution is -0.112. The molecule has 1 rings (SSSR count). The molecular weight excluding hydrogens is 176 g/mol. The topological polar surface area (TPSA) is 37.3 Å². The maximum atomic E-state index is 10.5. The number of carbonyl (C=O) groups is 1. The van der Waals surface area contributed by atoms with Gasteiger partial charge in [-0.25, -0.2) is 0 Å². The Bertz CT molecular complexity index is 358. The molecule has 0 amide bonds. The predicted molar refractivity (Wildman–Crippen MR) is 57.0 cm³/mol. The minimum Gasteiger partial charge on any atom is -0.508 e. The van der Waals surface area contributed by atoms with E-state index in [0.29, 0.717) is 0 Å². The number of benzene rings is 1. The van der Waals surface area contributed by atoms with Crippen LogP contribution in [0.15, 0.2) is 42.5 Å². The smallest absolute Gasteiger partial charge is 0.152 e. The molecule has 2 nitrogen and oxygen atoms in total. The first-order valence-corrected chi connectivity index (χ1v) is 4.33. The number of aromatic hydroxyl groups is 1. The standard InChI is InChI=1S/C12H12O2/c1-10(13)4-2-3-5-11-6-8-12(14)9-7-11/h2-9,14H,1H3. The molecule has 1 aromatic rings. The van der Waals surface area contributed by atoms with Crippen molar-refractivity contribution in [2.45, 2.75) is 6.92 Å². The van der Waals surface area contributed by atoms with Crippen LogP contribution in [0.2, 0.25) is 0 Å². The molecule has 0 spiro atoms. The predicted octanol–water partition coefficient (Wildman–Crippen LogP) is 2.55. The van der Waals surface area contributed by atoms with Gasteiger partial charge in [0.2, 0.25) is 0 Å². The van der Waals surface area contributed by atoms with E-state index in [-0.39, 0.29) is 11.5 Å². The van der Waals surface area contributed by atoms with E-state index in [1.54, 1.807) is 36.4 Å². The van der Waals surface area contributed by atoms with Crippen LogP contribution >= 0.6 is 0 Å². The zero-order valence-electron chi connectivity index (χ0n) is 7.97. The highest BCUT2D eigenvalue weighted by molar-refractivity contribution is 5.87. The first kappa shape index (κ1) is 10.3. The minimum absolute atomic E-state index is 0.0281. The van der Waals surface area contributed by atoms with Crippen LogP contribution in [0.4, 0.5) is 0 Å². The van der Waals surface area contributed by atoms with E-state index in [2.05, 4.69) is 0 Å². The SMILES string of the molecule is CC(=O)C=CC=Cc1ccc(O)cc1. The van der Waals surface area contributed by atoms with Crippen molar-refractivity contribution in [3.8, 4) is 5.75 Å². The quantitative estimate of drug-likeness (QED) is 0.584. The summed E-state index contributed by atoms with van der Waals surface area (Å²) < 4.78 is 0. The van der Waals surface area contributed by atoms with Crippen molar-refractivity contribution >= 4 is 11.9 Å². The number of ketones is 1. The zero-order valence-corrected chi connectivity index (χ0v) is 7.97. The lowest BCUT2D eigenvalue weighted by atomic mass is 10.2. The molecule has 0 radical (unpaired) electrons. The number of allylic oxidation sites excluding steroid dienone is 3. The molecule has 0 saturated heterocycles. The second-order valence-electron chi connectivity index (χ2n) is 2.92. The molecule has 0 aliphatic heterocycles. The summed E-state index contributed by atoms with van der Waals surface area (Å²) in [7, 11) is 0. The Morgan fingerprint density at radius 1 is 1.21 bits per heavy atom. The monoisotopic (exact) mass is 188 g/mol. The Kier molecular flexibility index (Phi) is 3.68. The van der Waals surface area contributed by atoms with Crippen LogP contribution in [0.25, 0.3) is 6.08 Å². The van der Waals surface area contributed by atoms with Gasteiger partial charge in [-0.15, -0.1) is 0 Å². The van der Waals surface area contributed by atoms with Crippen LogP contribution < -0.4 is 0 Å². The van der Waals surface area contributed by atoms with Crippen LogP contribution in [0, 0.1) is 0 Å². The van der Waals surface area contributed by atoms with Gasteiger partial charge in [-0.05, 0) is 30.7 Å². The Hall–Kier alpha value is -1.83. The second-order valence-corrected chi connectivity index (χ2v) is 2.92. The lowest BCUT2D eigenvalue weighted by Crippen LogP contribution is -1.77. The fraction of sp³-hybridized carbons (Fsp3) is 0.0833. The third-order valence-electron chi connectivity index (χ3n) is 1.62. The molecule has 1 aromatic carbocycles. The average Bonchev–Trinajstić information content (AvgIpc) is 2.15. The number of phenols is 1. The molecule has 0 unspecified atom stereocenters. The number of rotatable bonds is 3. The number of carbonyl (C=O) groups excluding carboxylic acids is 1. The fourth-order valence-corrected chi connectivity index (χ4v) is 0.943. The summed E-state index contributed by atoms with van der Waals surface area (Å²) in [6.45, 7) is 1.50. The number of phenolic OH excluding ortho intramolecular Hbond substituents is 1. The summed E-state index contributed by atoms with van der Waals surface area (Å²) in [5, 5.41) is 9.02. The first-order chi connectivity index (χ1) is 6.68. The van der Waals surface area contributed by atoms with Crippen LogP contribution in [0.5, 0.6) is 5.75 Å². The van der Waals surface area contributed by atoms with Gasteiger partial charge in [-0.3, -0.25) is 4.79 Å². The molecule has 0 heterocycles. The van der Waals surface area contributed by atoms with E-state index in [9.17, 15) is 4.79 Å². The molecule has 1 N–H and O–H groups in total. The summed E-state index contributed by atoms with van der Waals surface area (Å²) in [5.41, 5.74) is 0.982. The van der Waals surface area contributed by atoms with Crippen molar-refractivity contribution in [2.75, 3.05) is 0 Å². The fourth-order valence-electron chi connectivity index (χ4n) is 0.943. The molecule has 2 heteroatoms. The van der Waals surface area contributed by atoms with Gasteiger partial charge in [0.1, 0.15) is 5.75 Å². The van der Waals surface area contributed by atoms with Crippen molar-refractivity contribution in [3.05, 3.63) is 48.1 Å². The summed E-state index contributed by atoms with van der Waals surface area (Å²) in [4.78, 5) is 10.5. The van der Waals surface area contributed by atoms with Gasteiger partial charge in [-0.2, -0.15) is 0 Å². The lowest BCUT2D eigenvalue weighted by Gasteiger charge is -1.92. The summed E-state index contributed by atoms with van der Waals surface area (Å²) >= 11 is 0. The molecule has 0 atom stereocenters. The van der Waals surface area contributed by atoms with Gasteiger partial charge in [0, 0.05) is 0 Å². The summed E-state index contributed by atoms with van der Waals surface area (Å²) in [5.74, 6) is 0.279. The average molecular weight is 188 g/mol. The minimum atomic E-state index is 0.0281. The molecular formula is C12H12O2. The van der Waals surface area contributed by atoms with Crippen LogP contribution in [-0.4, -0.2) is 10.9 Å². The molecule has 0 fully saturated rings. The van der Waals surface area contributed by atoms with Gasteiger partial charge >= 0.3 is 0 Å². The van der Waals surface area contributed by atoms with Crippen molar-refractivity contribution < 1.29 is 9.90 Å². The van der Waals surface area contributed by atoms with Gasteiger partial charge in [0.25, 0.3) is 0 Å². The van der Waals surface area contributed by atoms with E-state index in [4.69, 9.17) is 5.11 Å². The molecule has 0 bridgehead atoms. The molecule has 0 aliphatic rings. The van der Waals surface area contributed by atoms with Gasteiger partial charge in [0.05, 0.1) is 0 Å². The number of hydrogen-bond acceptors (Lipinski definition) is 2. The zero-order chi connectivity index (χ0) is 10.4. The van der Waals surface area contributed by atoms with Gasteiger partial charge in [-0.1, -0.05) is 30.4 Å². The summed E-state index contributed by atoms with van der Waals surface area (Å²) in [6, 6.07) is 6.84. The Balaban J connectivity index is 2.60. The van der Waals surface area contributed by atoms with Gasteiger partial charge < -0.3 is 5.11 Å². The highest BCUT2D eigenvalue weighted by atomic mass is 16.3. The van der Waals surface area contributed by atoms with Crippen molar-refractivity contribution in [3.63, 3.8) is 0 Å². The number of hydrogen-bond donors (Lipinski definition) is 1. The molecule has 14 heavy (non-hydrogen) atoms. The van der Waals surface area contributed by atoms with E-state index in [0.717, 1.165) is 5.56 Å². The highest BCUT2D eigenvalue weighted by Gasteiger charge is 1.86.